The molecule has 0 amide bonds. The van der Waals surface area contributed by atoms with Crippen LogP contribution in [0.15, 0.2) is 18.2 Å². The van der Waals surface area contributed by atoms with Gasteiger partial charge in [-0.05, 0) is 51.9 Å². The average Bonchev–Trinajstić information content (AvgIpc) is 2.27. The van der Waals surface area contributed by atoms with Crippen molar-refractivity contribution in [2.75, 3.05) is 13.7 Å². The summed E-state index contributed by atoms with van der Waals surface area (Å²) in [7, 11) is 1.89. The van der Waals surface area contributed by atoms with E-state index in [1.165, 1.54) is 12.1 Å². The molecule has 0 bridgehead atoms. The topological polar surface area (TPSA) is 21.3 Å². The van der Waals surface area contributed by atoms with Gasteiger partial charge >= 0.3 is 0 Å². The second kappa shape index (κ2) is 6.50. The predicted octanol–water partition coefficient (Wildman–Crippen LogP) is 3.42. The Labute approximate surface area is 113 Å². The number of ether oxygens (including phenoxy) is 1. The number of rotatable bonds is 6. The largest absolute Gasteiger partial charge is 0.374 e. The molecule has 102 valence electrons. The predicted molar refractivity (Wildman–Crippen MR) is 73.7 cm³/mol. The number of nitrogens with one attached hydrogen (secondary N) is 1. The van der Waals surface area contributed by atoms with Gasteiger partial charge < -0.3 is 10.1 Å². The maximum absolute atomic E-state index is 13.0. The lowest BCUT2D eigenvalue weighted by atomic mass is 9.92. The van der Waals surface area contributed by atoms with E-state index in [0.717, 1.165) is 5.56 Å². The molecule has 1 rings (SSSR count). The number of hydrogen-bond acceptors (Lipinski definition) is 2. The molecule has 0 aromatic heterocycles. The average molecular weight is 274 g/mol. The zero-order chi connectivity index (χ0) is 13.8. The molecule has 0 aliphatic heterocycles. The van der Waals surface area contributed by atoms with E-state index in [4.69, 9.17) is 16.3 Å². The van der Waals surface area contributed by atoms with Crippen molar-refractivity contribution < 1.29 is 9.13 Å². The highest BCUT2D eigenvalue weighted by Gasteiger charge is 2.29. The third-order valence-electron chi connectivity index (χ3n) is 3.14. The van der Waals surface area contributed by atoms with Gasteiger partial charge in [-0.15, -0.1) is 0 Å². The number of hydrogen-bond donors (Lipinski definition) is 1. The zero-order valence-corrected chi connectivity index (χ0v) is 12.1. The molecule has 1 aromatic carbocycles. The van der Waals surface area contributed by atoms with Gasteiger partial charge in [-0.25, -0.2) is 4.39 Å². The van der Waals surface area contributed by atoms with E-state index >= 15 is 0 Å². The van der Waals surface area contributed by atoms with Crippen LogP contribution in [-0.2, 0) is 11.2 Å². The number of halogens is 2. The molecule has 0 heterocycles. The van der Waals surface area contributed by atoms with E-state index in [-0.39, 0.29) is 17.5 Å². The molecule has 18 heavy (non-hydrogen) atoms. The normalized spacial score (nSPS) is 13.7. The first-order valence-electron chi connectivity index (χ1n) is 6.16. The van der Waals surface area contributed by atoms with Crippen LogP contribution in [0, 0.1) is 5.82 Å². The van der Waals surface area contributed by atoms with Gasteiger partial charge in [0, 0.05) is 17.7 Å². The molecule has 1 unspecified atom stereocenters. The van der Waals surface area contributed by atoms with Crippen LogP contribution in [0.3, 0.4) is 0 Å². The van der Waals surface area contributed by atoms with Crippen LogP contribution in [0.1, 0.15) is 26.3 Å². The molecule has 0 spiro atoms. The van der Waals surface area contributed by atoms with Gasteiger partial charge in [0.05, 0.1) is 5.60 Å². The summed E-state index contributed by atoms with van der Waals surface area (Å²) in [6.45, 7) is 6.70. The van der Waals surface area contributed by atoms with Gasteiger partial charge in [-0.2, -0.15) is 0 Å². The lowest BCUT2D eigenvalue weighted by Gasteiger charge is -2.34. The number of benzene rings is 1. The second-order valence-electron chi connectivity index (χ2n) is 4.82. The van der Waals surface area contributed by atoms with Crippen molar-refractivity contribution in [2.45, 2.75) is 38.8 Å². The minimum absolute atomic E-state index is 0.111. The summed E-state index contributed by atoms with van der Waals surface area (Å²) in [5, 5.41) is 3.70. The molecular weight excluding hydrogens is 253 g/mol. The van der Waals surface area contributed by atoms with Crippen LogP contribution in [0.4, 0.5) is 4.39 Å². The fraction of sp³-hybridized carbons (Fsp3) is 0.571. The van der Waals surface area contributed by atoms with E-state index in [1.54, 1.807) is 6.07 Å². The van der Waals surface area contributed by atoms with Crippen LogP contribution >= 0.6 is 11.6 Å². The van der Waals surface area contributed by atoms with Gasteiger partial charge in [0.15, 0.2) is 0 Å². The van der Waals surface area contributed by atoms with Crippen LogP contribution in [0.25, 0.3) is 0 Å². The third kappa shape index (κ3) is 3.94. The minimum Gasteiger partial charge on any atom is -0.374 e. The molecule has 1 atom stereocenters. The van der Waals surface area contributed by atoms with E-state index in [0.29, 0.717) is 18.1 Å². The summed E-state index contributed by atoms with van der Waals surface area (Å²) in [4.78, 5) is 0. The fourth-order valence-corrected chi connectivity index (χ4v) is 2.32. The second-order valence-corrected chi connectivity index (χ2v) is 5.22. The highest BCUT2D eigenvalue weighted by molar-refractivity contribution is 6.31. The van der Waals surface area contributed by atoms with Crippen molar-refractivity contribution in [3.63, 3.8) is 0 Å². The SMILES string of the molecule is CCOC(C)(C)C(Cc1ccc(F)cc1Cl)NC. The first kappa shape index (κ1) is 15.4. The summed E-state index contributed by atoms with van der Waals surface area (Å²) in [5.41, 5.74) is 0.617. The lowest BCUT2D eigenvalue weighted by Crippen LogP contribution is -2.48. The Bertz CT molecular complexity index is 395. The first-order chi connectivity index (χ1) is 8.40. The van der Waals surface area contributed by atoms with Crippen LogP contribution in [0.2, 0.25) is 5.02 Å². The molecule has 0 fully saturated rings. The maximum atomic E-state index is 13.0. The van der Waals surface area contributed by atoms with Gasteiger partial charge in [-0.1, -0.05) is 17.7 Å². The summed E-state index contributed by atoms with van der Waals surface area (Å²) < 4.78 is 18.7. The molecule has 4 heteroatoms. The molecule has 0 saturated heterocycles. The quantitative estimate of drug-likeness (QED) is 0.857. The molecule has 0 saturated carbocycles. The Balaban J connectivity index is 2.85. The molecule has 0 aliphatic rings. The fourth-order valence-electron chi connectivity index (χ4n) is 2.08. The van der Waals surface area contributed by atoms with Crippen molar-refractivity contribution in [3.05, 3.63) is 34.6 Å². The standard InChI is InChI=1S/C14H21ClFNO/c1-5-18-14(2,3)13(17-4)8-10-6-7-11(16)9-12(10)15/h6-7,9,13,17H,5,8H2,1-4H3. The van der Waals surface area contributed by atoms with E-state index in [2.05, 4.69) is 5.32 Å². The van der Waals surface area contributed by atoms with Gasteiger partial charge in [0.2, 0.25) is 0 Å². The molecular formula is C14H21ClFNO. The summed E-state index contributed by atoms with van der Waals surface area (Å²) in [6.07, 6.45) is 0.697. The van der Waals surface area contributed by atoms with Crippen LogP contribution in [0.5, 0.6) is 0 Å². The highest BCUT2D eigenvalue weighted by atomic mass is 35.5. The smallest absolute Gasteiger partial charge is 0.124 e. The molecule has 1 N–H and O–H groups in total. The maximum Gasteiger partial charge on any atom is 0.124 e. The van der Waals surface area contributed by atoms with Crippen molar-refractivity contribution in [1.82, 2.24) is 5.32 Å². The van der Waals surface area contributed by atoms with Gasteiger partial charge in [0.25, 0.3) is 0 Å². The molecule has 0 aliphatic carbocycles. The van der Waals surface area contributed by atoms with Crippen LogP contribution < -0.4 is 5.32 Å². The monoisotopic (exact) mass is 273 g/mol. The number of likely N-dealkylation sites (N-methyl/N-ethyl adjacent to an activating group) is 1. The van der Waals surface area contributed by atoms with Crippen molar-refractivity contribution in [3.8, 4) is 0 Å². The molecule has 1 aromatic rings. The van der Waals surface area contributed by atoms with Crippen molar-refractivity contribution >= 4 is 11.6 Å². The Morgan fingerprint density at radius 1 is 1.44 bits per heavy atom. The van der Waals surface area contributed by atoms with E-state index < -0.39 is 0 Å². The third-order valence-corrected chi connectivity index (χ3v) is 3.49. The molecule has 2 nitrogen and oxygen atoms in total. The lowest BCUT2D eigenvalue weighted by molar-refractivity contribution is -0.0363. The van der Waals surface area contributed by atoms with Gasteiger partial charge in [0.1, 0.15) is 5.82 Å². The minimum atomic E-state index is -0.311. The Kier molecular flexibility index (Phi) is 5.57. The van der Waals surface area contributed by atoms with E-state index in [9.17, 15) is 4.39 Å². The first-order valence-corrected chi connectivity index (χ1v) is 6.53. The molecule has 0 radical (unpaired) electrons. The summed E-state index contributed by atoms with van der Waals surface area (Å²) >= 11 is 6.05. The van der Waals surface area contributed by atoms with Gasteiger partial charge in [-0.3, -0.25) is 0 Å². The zero-order valence-electron chi connectivity index (χ0n) is 11.4. The Morgan fingerprint density at radius 2 is 2.11 bits per heavy atom. The Morgan fingerprint density at radius 3 is 2.61 bits per heavy atom. The summed E-state index contributed by atoms with van der Waals surface area (Å²) in [5.74, 6) is -0.311. The van der Waals surface area contributed by atoms with Crippen LogP contribution in [-0.4, -0.2) is 25.3 Å². The Hall–Kier alpha value is -0.640. The highest BCUT2D eigenvalue weighted by Crippen LogP contribution is 2.23. The van der Waals surface area contributed by atoms with E-state index in [1.807, 2.05) is 27.8 Å². The van der Waals surface area contributed by atoms with Crippen molar-refractivity contribution in [1.29, 1.82) is 0 Å². The van der Waals surface area contributed by atoms with Crippen molar-refractivity contribution in [2.24, 2.45) is 0 Å². The summed E-state index contributed by atoms with van der Waals surface area (Å²) in [6, 6.07) is 4.61.